The van der Waals surface area contributed by atoms with Crippen LogP contribution >= 0.6 is 0 Å². The van der Waals surface area contributed by atoms with Gasteiger partial charge in [0.1, 0.15) is 11.5 Å². The summed E-state index contributed by atoms with van der Waals surface area (Å²) in [4.78, 5) is 0. The van der Waals surface area contributed by atoms with Crippen molar-refractivity contribution in [3.63, 3.8) is 0 Å². The Morgan fingerprint density at radius 3 is 1.94 bits per heavy atom. The van der Waals surface area contributed by atoms with Gasteiger partial charge < -0.3 is 15.5 Å². The summed E-state index contributed by atoms with van der Waals surface area (Å²) in [5, 5.41) is 21.8. The third-order valence-corrected chi connectivity index (χ3v) is 2.59. The van der Waals surface area contributed by atoms with Gasteiger partial charge in [0.2, 0.25) is 0 Å². The maximum absolute atomic E-state index is 9.36. The molecule has 0 saturated heterocycles. The fourth-order valence-electron chi connectivity index (χ4n) is 1.67. The Morgan fingerprint density at radius 2 is 1.39 bits per heavy atom. The molecule has 92 valence electrons. The molecule has 0 aliphatic rings. The van der Waals surface area contributed by atoms with Crippen molar-refractivity contribution in [2.75, 3.05) is 12.4 Å². The van der Waals surface area contributed by atoms with E-state index >= 15 is 0 Å². The summed E-state index contributed by atoms with van der Waals surface area (Å²) in [7, 11) is 1.88. The molecule has 0 aliphatic heterocycles. The molecule has 18 heavy (non-hydrogen) atoms. The topological polar surface area (TPSA) is 52.5 Å². The largest absolute Gasteiger partial charge is 0.508 e. The molecule has 3 N–H and O–H groups in total. The lowest BCUT2D eigenvalue weighted by molar-refractivity contribution is 0.450. The molecule has 0 aromatic heterocycles. The smallest absolute Gasteiger partial charge is 0.119 e. The van der Waals surface area contributed by atoms with Gasteiger partial charge in [-0.15, -0.1) is 0 Å². The number of rotatable bonds is 3. The first-order valence-corrected chi connectivity index (χ1v) is 5.66. The van der Waals surface area contributed by atoms with Gasteiger partial charge >= 0.3 is 0 Å². The zero-order valence-corrected chi connectivity index (χ0v) is 10.1. The lowest BCUT2D eigenvalue weighted by Gasteiger charge is -2.00. The van der Waals surface area contributed by atoms with E-state index in [9.17, 15) is 10.2 Å². The zero-order chi connectivity index (χ0) is 13.0. The summed E-state index contributed by atoms with van der Waals surface area (Å²) in [6, 6.07) is 12.4. The van der Waals surface area contributed by atoms with E-state index in [1.807, 2.05) is 43.5 Å². The Morgan fingerprint density at radius 1 is 0.833 bits per heavy atom. The second kappa shape index (κ2) is 5.27. The highest BCUT2D eigenvalue weighted by Gasteiger charge is 1.96. The van der Waals surface area contributed by atoms with Crippen LogP contribution in [-0.2, 0) is 0 Å². The van der Waals surface area contributed by atoms with Crippen molar-refractivity contribution in [3.05, 3.63) is 53.6 Å². The molecule has 0 spiro atoms. The second-order valence-corrected chi connectivity index (χ2v) is 3.99. The number of phenolic OH excluding ortho intramolecular Hbond substituents is 2. The Bertz CT molecular complexity index is 539. The van der Waals surface area contributed by atoms with E-state index in [4.69, 9.17) is 0 Å². The first-order chi connectivity index (χ1) is 8.67. The Labute approximate surface area is 106 Å². The Hall–Kier alpha value is -2.42. The Kier molecular flexibility index (Phi) is 3.53. The first kappa shape index (κ1) is 12.0. The number of hydrogen-bond donors (Lipinski definition) is 3. The van der Waals surface area contributed by atoms with Gasteiger partial charge in [-0.2, -0.15) is 0 Å². The van der Waals surface area contributed by atoms with E-state index < -0.39 is 0 Å². The second-order valence-electron chi connectivity index (χ2n) is 3.99. The van der Waals surface area contributed by atoms with Gasteiger partial charge in [-0.25, -0.2) is 0 Å². The highest BCUT2D eigenvalue weighted by atomic mass is 16.3. The van der Waals surface area contributed by atoms with Gasteiger partial charge in [-0.05, 0) is 35.4 Å². The SMILES string of the molecule is CNc1ccc(/C=C/c2cc(O)cc(O)c2)cc1. The minimum absolute atomic E-state index is 0.0557. The van der Waals surface area contributed by atoms with Crippen LogP contribution in [0.3, 0.4) is 0 Å². The van der Waals surface area contributed by atoms with Crippen LogP contribution < -0.4 is 5.32 Å². The average Bonchev–Trinajstić information content (AvgIpc) is 2.36. The molecule has 0 bridgehead atoms. The van der Waals surface area contributed by atoms with E-state index in [1.165, 1.54) is 6.07 Å². The summed E-state index contributed by atoms with van der Waals surface area (Å²) in [6.07, 6.45) is 3.77. The number of benzene rings is 2. The molecule has 0 amide bonds. The van der Waals surface area contributed by atoms with Crippen molar-refractivity contribution < 1.29 is 10.2 Å². The summed E-state index contributed by atoms with van der Waals surface area (Å²) < 4.78 is 0. The van der Waals surface area contributed by atoms with Crippen molar-refractivity contribution in [3.8, 4) is 11.5 Å². The molecule has 0 saturated carbocycles. The molecule has 2 aromatic rings. The molecule has 2 rings (SSSR count). The van der Waals surface area contributed by atoms with Crippen LogP contribution in [0, 0.1) is 0 Å². The van der Waals surface area contributed by atoms with Gasteiger partial charge in [0, 0.05) is 18.8 Å². The molecular formula is C15H15NO2. The van der Waals surface area contributed by atoms with Crippen LogP contribution in [0.25, 0.3) is 12.2 Å². The number of nitrogens with one attached hydrogen (secondary N) is 1. The van der Waals surface area contributed by atoms with E-state index in [0.717, 1.165) is 16.8 Å². The number of anilines is 1. The van der Waals surface area contributed by atoms with Crippen molar-refractivity contribution >= 4 is 17.8 Å². The lowest BCUT2D eigenvalue weighted by Crippen LogP contribution is -1.86. The number of aromatic hydroxyl groups is 2. The van der Waals surface area contributed by atoms with Gasteiger partial charge in [0.05, 0.1) is 0 Å². The monoisotopic (exact) mass is 241 g/mol. The summed E-state index contributed by atoms with van der Waals surface area (Å²) in [5.74, 6) is 0.111. The molecule has 0 unspecified atom stereocenters. The van der Waals surface area contributed by atoms with Gasteiger partial charge in [0.15, 0.2) is 0 Å². The molecule has 0 radical (unpaired) electrons. The highest BCUT2D eigenvalue weighted by molar-refractivity contribution is 5.71. The molecule has 0 fully saturated rings. The number of hydrogen-bond acceptors (Lipinski definition) is 3. The minimum atomic E-state index is 0.0557. The van der Waals surface area contributed by atoms with Gasteiger partial charge in [-0.1, -0.05) is 24.3 Å². The Balaban J connectivity index is 2.18. The normalized spacial score (nSPS) is 10.7. The van der Waals surface area contributed by atoms with Crippen LogP contribution in [0.5, 0.6) is 11.5 Å². The molecule has 2 aromatic carbocycles. The van der Waals surface area contributed by atoms with Crippen LogP contribution in [0.2, 0.25) is 0 Å². The van der Waals surface area contributed by atoms with Gasteiger partial charge in [-0.3, -0.25) is 0 Å². The van der Waals surface area contributed by atoms with Crippen LogP contribution in [-0.4, -0.2) is 17.3 Å². The first-order valence-electron chi connectivity index (χ1n) is 5.66. The average molecular weight is 241 g/mol. The summed E-state index contributed by atoms with van der Waals surface area (Å²) >= 11 is 0. The standard InChI is InChI=1S/C15H15NO2/c1-16-13-6-4-11(5-7-13)2-3-12-8-14(17)10-15(18)9-12/h2-10,16-18H,1H3/b3-2+. The predicted molar refractivity (Wildman–Crippen MR) is 74.7 cm³/mol. The van der Waals surface area contributed by atoms with Crippen LogP contribution in [0.15, 0.2) is 42.5 Å². The predicted octanol–water partition coefficient (Wildman–Crippen LogP) is 3.31. The van der Waals surface area contributed by atoms with Crippen molar-refractivity contribution in [1.29, 1.82) is 0 Å². The fourth-order valence-corrected chi connectivity index (χ4v) is 1.67. The maximum Gasteiger partial charge on any atom is 0.119 e. The van der Waals surface area contributed by atoms with Crippen molar-refractivity contribution in [1.82, 2.24) is 0 Å². The third-order valence-electron chi connectivity index (χ3n) is 2.59. The zero-order valence-electron chi connectivity index (χ0n) is 10.1. The highest BCUT2D eigenvalue weighted by Crippen LogP contribution is 2.22. The van der Waals surface area contributed by atoms with Crippen LogP contribution in [0.4, 0.5) is 5.69 Å². The molecule has 0 aliphatic carbocycles. The lowest BCUT2D eigenvalue weighted by atomic mass is 10.1. The molecule has 3 nitrogen and oxygen atoms in total. The summed E-state index contributed by atoms with van der Waals surface area (Å²) in [6.45, 7) is 0. The quantitative estimate of drug-likeness (QED) is 0.722. The van der Waals surface area contributed by atoms with Gasteiger partial charge in [0.25, 0.3) is 0 Å². The molecule has 0 atom stereocenters. The number of phenols is 2. The molecular weight excluding hydrogens is 226 g/mol. The molecule has 3 heteroatoms. The van der Waals surface area contributed by atoms with E-state index in [0.29, 0.717) is 0 Å². The van der Waals surface area contributed by atoms with Crippen molar-refractivity contribution in [2.45, 2.75) is 0 Å². The minimum Gasteiger partial charge on any atom is -0.508 e. The van der Waals surface area contributed by atoms with Crippen molar-refractivity contribution in [2.24, 2.45) is 0 Å². The fraction of sp³-hybridized carbons (Fsp3) is 0.0667. The van der Waals surface area contributed by atoms with E-state index in [-0.39, 0.29) is 11.5 Å². The maximum atomic E-state index is 9.36. The van der Waals surface area contributed by atoms with Crippen LogP contribution in [0.1, 0.15) is 11.1 Å². The van der Waals surface area contributed by atoms with E-state index in [1.54, 1.807) is 12.1 Å². The molecule has 0 heterocycles. The summed E-state index contributed by atoms with van der Waals surface area (Å²) in [5.41, 5.74) is 2.86. The van der Waals surface area contributed by atoms with E-state index in [2.05, 4.69) is 5.32 Å². The third kappa shape index (κ3) is 3.04.